The minimum absolute atomic E-state index is 0.0925. The molecule has 1 N–H and O–H groups in total. The van der Waals surface area contributed by atoms with Gasteiger partial charge in [-0.1, -0.05) is 0 Å². The predicted molar refractivity (Wildman–Crippen MR) is 62.4 cm³/mol. The molecule has 0 aliphatic heterocycles. The number of rotatable bonds is 2. The number of nitriles is 1. The van der Waals surface area contributed by atoms with Gasteiger partial charge in [-0.15, -0.1) is 0 Å². The van der Waals surface area contributed by atoms with Crippen LogP contribution in [0.1, 0.15) is 15.9 Å². The molecule has 0 bridgehead atoms. The van der Waals surface area contributed by atoms with Crippen LogP contribution in [-0.2, 0) is 0 Å². The highest BCUT2D eigenvalue weighted by Crippen LogP contribution is 2.33. The summed E-state index contributed by atoms with van der Waals surface area (Å²) in [6, 6.07) is 6.73. The normalized spacial score (nSPS) is 9.94. The van der Waals surface area contributed by atoms with Crippen molar-refractivity contribution in [1.29, 1.82) is 5.26 Å². The van der Waals surface area contributed by atoms with E-state index in [0.29, 0.717) is 11.7 Å². The summed E-state index contributed by atoms with van der Waals surface area (Å²) in [5.74, 6) is -0.359. The Morgan fingerprint density at radius 1 is 1.33 bits per heavy atom. The van der Waals surface area contributed by atoms with Crippen molar-refractivity contribution >= 4 is 22.7 Å². The second-order valence-electron chi connectivity index (χ2n) is 3.58. The lowest BCUT2D eigenvalue weighted by molar-refractivity contribution is -0.384. The van der Waals surface area contributed by atoms with Gasteiger partial charge in [-0.25, -0.2) is 0 Å². The molecule has 18 heavy (non-hydrogen) atoms. The average Bonchev–Trinajstić information content (AvgIpc) is 2.39. The van der Waals surface area contributed by atoms with E-state index in [1.807, 2.05) is 0 Å². The second kappa shape index (κ2) is 4.14. The molecule has 6 nitrogen and oxygen atoms in total. The van der Waals surface area contributed by atoms with E-state index in [2.05, 4.69) is 0 Å². The fourth-order valence-corrected chi connectivity index (χ4v) is 1.72. The number of nitrogens with zero attached hydrogens (tertiary/aromatic N) is 2. The van der Waals surface area contributed by atoms with E-state index in [-0.39, 0.29) is 28.0 Å². The highest BCUT2D eigenvalue weighted by molar-refractivity contribution is 6.03. The number of hydrogen-bond acceptors (Lipinski definition) is 5. The summed E-state index contributed by atoms with van der Waals surface area (Å²) in [5, 5.41) is 29.8. The number of benzene rings is 2. The molecule has 0 heterocycles. The first-order chi connectivity index (χ1) is 8.58. The van der Waals surface area contributed by atoms with Crippen LogP contribution in [0.4, 0.5) is 5.69 Å². The lowest BCUT2D eigenvalue weighted by atomic mass is 10.00. The number of aromatic hydroxyl groups is 1. The summed E-state index contributed by atoms with van der Waals surface area (Å²) in [4.78, 5) is 20.9. The molecule has 2 rings (SSSR count). The number of carbonyl (C=O) groups excluding carboxylic acids is 1. The van der Waals surface area contributed by atoms with Crippen molar-refractivity contribution in [2.24, 2.45) is 0 Å². The summed E-state index contributed by atoms with van der Waals surface area (Å²) in [6.07, 6.45) is 0.536. The maximum Gasteiger partial charge on any atom is 0.270 e. The van der Waals surface area contributed by atoms with Gasteiger partial charge in [0, 0.05) is 23.1 Å². The number of carbonyl (C=O) groups is 1. The maximum atomic E-state index is 10.9. The van der Waals surface area contributed by atoms with Crippen molar-refractivity contribution in [3.63, 3.8) is 0 Å². The summed E-state index contributed by atoms with van der Waals surface area (Å²) in [6.45, 7) is 0. The van der Waals surface area contributed by atoms with Gasteiger partial charge in [0.15, 0.2) is 6.29 Å². The van der Waals surface area contributed by atoms with E-state index in [1.165, 1.54) is 18.2 Å². The Morgan fingerprint density at radius 3 is 2.61 bits per heavy atom. The fourth-order valence-electron chi connectivity index (χ4n) is 1.72. The first kappa shape index (κ1) is 11.5. The molecular formula is C12H6N2O4. The van der Waals surface area contributed by atoms with Gasteiger partial charge in [0.2, 0.25) is 0 Å². The van der Waals surface area contributed by atoms with Crippen LogP contribution < -0.4 is 0 Å². The molecule has 0 spiro atoms. The molecule has 6 heteroatoms. The van der Waals surface area contributed by atoms with E-state index < -0.39 is 4.92 Å². The number of nitro benzene ring substituents is 1. The smallest absolute Gasteiger partial charge is 0.270 e. The third-order valence-corrected chi connectivity index (χ3v) is 2.58. The Bertz CT molecular complexity index is 716. The predicted octanol–water partition coefficient (Wildman–Crippen LogP) is 2.14. The van der Waals surface area contributed by atoms with Gasteiger partial charge in [-0.05, 0) is 17.5 Å². The van der Waals surface area contributed by atoms with Crippen molar-refractivity contribution in [3.8, 4) is 11.8 Å². The molecule has 0 unspecified atom stereocenters. The van der Waals surface area contributed by atoms with Gasteiger partial charge in [0.05, 0.1) is 10.5 Å². The number of phenolic OH excluding ortho intramolecular Hbond substituents is 1. The van der Waals surface area contributed by atoms with E-state index in [0.717, 1.165) is 6.07 Å². The quantitative estimate of drug-likeness (QED) is 0.493. The Kier molecular flexibility index (Phi) is 2.66. The van der Waals surface area contributed by atoms with Crippen LogP contribution in [-0.4, -0.2) is 16.3 Å². The zero-order chi connectivity index (χ0) is 13.3. The second-order valence-corrected chi connectivity index (χ2v) is 3.58. The number of fused-ring (bicyclic) bond motifs is 1. The van der Waals surface area contributed by atoms with Crippen LogP contribution in [0.25, 0.3) is 10.8 Å². The lowest BCUT2D eigenvalue weighted by Gasteiger charge is -2.05. The zero-order valence-electron chi connectivity index (χ0n) is 8.95. The number of phenols is 1. The summed E-state index contributed by atoms with van der Waals surface area (Å²) in [7, 11) is 0. The number of aldehydes is 1. The van der Waals surface area contributed by atoms with Gasteiger partial charge in [0.1, 0.15) is 11.8 Å². The number of non-ortho nitro benzene ring substituents is 1. The molecule has 88 valence electrons. The van der Waals surface area contributed by atoms with Crippen LogP contribution in [0, 0.1) is 21.4 Å². The van der Waals surface area contributed by atoms with E-state index >= 15 is 0 Å². The van der Waals surface area contributed by atoms with Crippen molar-refractivity contribution < 1.29 is 14.8 Å². The Labute approximate surface area is 101 Å². The van der Waals surface area contributed by atoms with Gasteiger partial charge in [-0.2, -0.15) is 5.26 Å². The molecule has 0 saturated carbocycles. The summed E-state index contributed by atoms with van der Waals surface area (Å²) < 4.78 is 0. The Balaban J connectivity index is 2.92. The monoisotopic (exact) mass is 242 g/mol. The van der Waals surface area contributed by atoms with Crippen molar-refractivity contribution in [2.75, 3.05) is 0 Å². The molecule has 0 atom stereocenters. The standard InChI is InChI=1S/C12H6N2O4/c13-5-7-3-8(6-15)10-2-1-9(14(17)18)4-11(10)12(7)16/h1-4,6,16H. The van der Waals surface area contributed by atoms with Crippen molar-refractivity contribution in [1.82, 2.24) is 0 Å². The molecule has 0 aliphatic carbocycles. The minimum Gasteiger partial charge on any atom is -0.506 e. The number of hydrogen-bond donors (Lipinski definition) is 1. The van der Waals surface area contributed by atoms with E-state index in [1.54, 1.807) is 6.07 Å². The van der Waals surface area contributed by atoms with Crippen LogP contribution in [0.2, 0.25) is 0 Å². The SMILES string of the molecule is N#Cc1cc(C=O)c2ccc([N+](=O)[O-])cc2c1O. The molecule has 0 saturated heterocycles. The Hall–Kier alpha value is -2.94. The zero-order valence-corrected chi connectivity index (χ0v) is 8.95. The van der Waals surface area contributed by atoms with Gasteiger partial charge >= 0.3 is 0 Å². The Morgan fingerprint density at radius 2 is 2.06 bits per heavy atom. The fraction of sp³-hybridized carbons (Fsp3) is 0. The topological polar surface area (TPSA) is 104 Å². The third-order valence-electron chi connectivity index (χ3n) is 2.58. The molecule has 0 aliphatic rings. The van der Waals surface area contributed by atoms with Gasteiger partial charge < -0.3 is 5.11 Å². The largest absolute Gasteiger partial charge is 0.506 e. The van der Waals surface area contributed by atoms with Crippen molar-refractivity contribution in [2.45, 2.75) is 0 Å². The van der Waals surface area contributed by atoms with E-state index in [4.69, 9.17) is 5.26 Å². The van der Waals surface area contributed by atoms with Crippen LogP contribution >= 0.6 is 0 Å². The van der Waals surface area contributed by atoms with Crippen LogP contribution in [0.15, 0.2) is 24.3 Å². The maximum absolute atomic E-state index is 10.9. The third kappa shape index (κ3) is 1.64. The molecular weight excluding hydrogens is 236 g/mol. The summed E-state index contributed by atoms with van der Waals surface area (Å²) >= 11 is 0. The highest BCUT2D eigenvalue weighted by Gasteiger charge is 2.14. The minimum atomic E-state index is -0.613. The number of nitro groups is 1. The van der Waals surface area contributed by atoms with Crippen LogP contribution in [0.3, 0.4) is 0 Å². The van der Waals surface area contributed by atoms with E-state index in [9.17, 15) is 20.0 Å². The lowest BCUT2D eigenvalue weighted by Crippen LogP contribution is -1.91. The molecule has 2 aromatic carbocycles. The first-order valence-corrected chi connectivity index (χ1v) is 4.88. The molecule has 0 amide bonds. The molecule has 0 aromatic heterocycles. The highest BCUT2D eigenvalue weighted by atomic mass is 16.6. The van der Waals surface area contributed by atoms with Gasteiger partial charge in [-0.3, -0.25) is 14.9 Å². The first-order valence-electron chi connectivity index (χ1n) is 4.88. The van der Waals surface area contributed by atoms with Gasteiger partial charge in [0.25, 0.3) is 5.69 Å². The summed E-state index contributed by atoms with van der Waals surface area (Å²) in [5.41, 5.74) is -0.107. The van der Waals surface area contributed by atoms with Crippen molar-refractivity contribution in [3.05, 3.63) is 45.5 Å². The molecule has 0 fully saturated rings. The average molecular weight is 242 g/mol. The molecule has 0 radical (unpaired) electrons. The molecule has 2 aromatic rings. The van der Waals surface area contributed by atoms with Crippen LogP contribution in [0.5, 0.6) is 5.75 Å².